The van der Waals surface area contributed by atoms with Crippen molar-refractivity contribution in [3.63, 3.8) is 0 Å². The Labute approximate surface area is 114 Å². The molecule has 1 rings (SSSR count). The van der Waals surface area contributed by atoms with Gasteiger partial charge in [-0.25, -0.2) is 4.98 Å². The highest BCUT2D eigenvalue weighted by Crippen LogP contribution is 2.16. The van der Waals surface area contributed by atoms with E-state index in [0.29, 0.717) is 29.3 Å². The number of thiazole rings is 1. The van der Waals surface area contributed by atoms with Crippen molar-refractivity contribution in [3.05, 3.63) is 16.1 Å². The summed E-state index contributed by atoms with van der Waals surface area (Å²) < 4.78 is 0. The van der Waals surface area contributed by atoms with Gasteiger partial charge in [-0.2, -0.15) is 0 Å². The van der Waals surface area contributed by atoms with E-state index in [0.717, 1.165) is 6.42 Å². The Kier molecular flexibility index (Phi) is 5.94. The van der Waals surface area contributed by atoms with E-state index < -0.39 is 5.91 Å². The molecule has 0 saturated carbocycles. The van der Waals surface area contributed by atoms with Crippen molar-refractivity contribution < 1.29 is 9.59 Å². The zero-order valence-corrected chi connectivity index (χ0v) is 11.3. The number of amides is 1. The predicted molar refractivity (Wildman–Crippen MR) is 73.9 cm³/mol. The Morgan fingerprint density at radius 3 is 2.63 bits per heavy atom. The van der Waals surface area contributed by atoms with Gasteiger partial charge in [0, 0.05) is 24.0 Å². The minimum absolute atomic E-state index is 0.0366. The highest BCUT2D eigenvalue weighted by atomic mass is 32.1. The van der Waals surface area contributed by atoms with Crippen LogP contribution in [0.3, 0.4) is 0 Å². The first-order valence-corrected chi connectivity index (χ1v) is 6.62. The lowest BCUT2D eigenvalue weighted by Crippen LogP contribution is -2.22. The van der Waals surface area contributed by atoms with E-state index in [-0.39, 0.29) is 18.2 Å². The van der Waals surface area contributed by atoms with Crippen molar-refractivity contribution in [2.24, 2.45) is 22.2 Å². The molecule has 1 aromatic heterocycles. The molecule has 0 aliphatic heterocycles. The Hall–Kier alpha value is -1.96. The number of aliphatic imine (C=N–C) groups is 1. The fourth-order valence-corrected chi connectivity index (χ4v) is 2.29. The number of carbonyl (C=O) groups excluding carboxylic acids is 2. The molecule has 0 fully saturated rings. The van der Waals surface area contributed by atoms with Crippen LogP contribution in [0.2, 0.25) is 0 Å². The van der Waals surface area contributed by atoms with E-state index >= 15 is 0 Å². The van der Waals surface area contributed by atoms with Gasteiger partial charge in [0.15, 0.2) is 16.8 Å². The molecular weight excluding hydrogens is 266 g/mol. The fraction of sp³-hybridized carbons (Fsp3) is 0.455. The summed E-state index contributed by atoms with van der Waals surface area (Å²) in [4.78, 5) is 31.0. The molecule has 1 aromatic rings. The van der Waals surface area contributed by atoms with Crippen molar-refractivity contribution in [3.8, 4) is 0 Å². The van der Waals surface area contributed by atoms with Crippen molar-refractivity contribution in [1.29, 1.82) is 0 Å². The van der Waals surface area contributed by atoms with Crippen LogP contribution in [0.15, 0.2) is 11.2 Å². The van der Waals surface area contributed by atoms with Gasteiger partial charge >= 0.3 is 0 Å². The summed E-state index contributed by atoms with van der Waals surface area (Å²) in [7, 11) is 0. The van der Waals surface area contributed by atoms with E-state index in [2.05, 4.69) is 9.98 Å². The number of primary amides is 1. The first-order valence-electron chi connectivity index (χ1n) is 5.80. The third kappa shape index (κ3) is 5.96. The highest BCUT2D eigenvalue weighted by molar-refractivity contribution is 7.13. The van der Waals surface area contributed by atoms with E-state index in [4.69, 9.17) is 17.2 Å². The molecule has 0 aliphatic carbocycles. The van der Waals surface area contributed by atoms with Crippen LogP contribution in [-0.4, -0.2) is 29.2 Å². The van der Waals surface area contributed by atoms with E-state index in [9.17, 15) is 9.59 Å². The number of guanidine groups is 1. The summed E-state index contributed by atoms with van der Waals surface area (Å²) in [5.74, 6) is -0.410. The van der Waals surface area contributed by atoms with Crippen LogP contribution in [0.5, 0.6) is 0 Å². The summed E-state index contributed by atoms with van der Waals surface area (Å²) in [5, 5.41) is 0.415. The summed E-state index contributed by atoms with van der Waals surface area (Å²) in [6.07, 6.45) is 3.46. The first-order chi connectivity index (χ1) is 8.99. The number of hydrogen-bond acceptors (Lipinski definition) is 5. The second-order valence-corrected chi connectivity index (χ2v) is 5.08. The first kappa shape index (κ1) is 15.1. The maximum atomic E-state index is 11.8. The zero-order chi connectivity index (χ0) is 14.3. The van der Waals surface area contributed by atoms with E-state index in [1.807, 2.05) is 0 Å². The molecule has 0 bridgehead atoms. The standard InChI is InChI=1S/C11H17N5O2S/c12-9(18)5-7-6-16-10(19-7)8(17)3-1-2-4-15-11(13)14/h6H,1-5H2,(H2,12,18)(H4,13,14,15). The van der Waals surface area contributed by atoms with Crippen LogP contribution in [-0.2, 0) is 11.2 Å². The van der Waals surface area contributed by atoms with Gasteiger partial charge in [-0.15, -0.1) is 11.3 Å². The van der Waals surface area contributed by atoms with Crippen LogP contribution in [0.1, 0.15) is 33.9 Å². The molecule has 0 aromatic carbocycles. The SMILES string of the molecule is NC(=O)Cc1cnc(C(=O)CCCCN=C(N)N)s1. The third-order valence-electron chi connectivity index (χ3n) is 2.25. The average Bonchev–Trinajstić information content (AvgIpc) is 2.75. The van der Waals surface area contributed by atoms with Gasteiger partial charge in [0.25, 0.3) is 0 Å². The van der Waals surface area contributed by atoms with E-state index in [1.165, 1.54) is 17.5 Å². The summed E-state index contributed by atoms with van der Waals surface area (Å²) in [5.41, 5.74) is 15.4. The normalized spacial score (nSPS) is 10.1. The maximum Gasteiger partial charge on any atom is 0.222 e. The van der Waals surface area contributed by atoms with Crippen LogP contribution >= 0.6 is 11.3 Å². The number of rotatable bonds is 8. The number of ketones is 1. The predicted octanol–water partition coefficient (Wildman–Crippen LogP) is -0.203. The second kappa shape index (κ2) is 7.47. The minimum atomic E-state index is -0.431. The van der Waals surface area contributed by atoms with Crippen LogP contribution in [0.4, 0.5) is 0 Å². The molecule has 6 N–H and O–H groups in total. The molecule has 1 heterocycles. The summed E-state index contributed by atoms with van der Waals surface area (Å²) in [6.45, 7) is 0.514. The van der Waals surface area contributed by atoms with Gasteiger partial charge < -0.3 is 17.2 Å². The zero-order valence-electron chi connectivity index (χ0n) is 10.5. The van der Waals surface area contributed by atoms with Crippen LogP contribution in [0, 0.1) is 0 Å². The maximum absolute atomic E-state index is 11.8. The Morgan fingerprint density at radius 2 is 2.00 bits per heavy atom. The lowest BCUT2D eigenvalue weighted by atomic mass is 10.2. The number of unbranched alkanes of at least 4 members (excludes halogenated alkanes) is 1. The molecule has 7 nitrogen and oxygen atoms in total. The summed E-state index contributed by atoms with van der Waals surface area (Å²) >= 11 is 1.21. The van der Waals surface area contributed by atoms with Crippen molar-refractivity contribution >= 4 is 29.0 Å². The van der Waals surface area contributed by atoms with Gasteiger partial charge in [-0.05, 0) is 12.8 Å². The van der Waals surface area contributed by atoms with Crippen molar-refractivity contribution in [2.45, 2.75) is 25.7 Å². The van der Waals surface area contributed by atoms with Gasteiger partial charge in [0.2, 0.25) is 5.91 Å². The molecule has 8 heteroatoms. The molecule has 1 amide bonds. The van der Waals surface area contributed by atoms with Gasteiger partial charge in [0.1, 0.15) is 0 Å². The molecule has 0 saturated heterocycles. The van der Waals surface area contributed by atoms with Gasteiger partial charge in [-0.1, -0.05) is 0 Å². The number of Topliss-reactive ketones (excluding diaryl/α,β-unsaturated/α-hetero) is 1. The van der Waals surface area contributed by atoms with Gasteiger partial charge in [0.05, 0.1) is 6.42 Å². The highest BCUT2D eigenvalue weighted by Gasteiger charge is 2.11. The smallest absolute Gasteiger partial charge is 0.222 e. The molecule has 0 atom stereocenters. The minimum Gasteiger partial charge on any atom is -0.370 e. The molecule has 0 unspecified atom stereocenters. The number of nitrogens with two attached hydrogens (primary N) is 3. The molecule has 19 heavy (non-hydrogen) atoms. The quantitative estimate of drug-likeness (QED) is 0.262. The van der Waals surface area contributed by atoms with Crippen molar-refractivity contribution in [1.82, 2.24) is 4.98 Å². The molecule has 0 aliphatic rings. The Morgan fingerprint density at radius 1 is 1.26 bits per heavy atom. The van der Waals surface area contributed by atoms with Crippen LogP contribution in [0.25, 0.3) is 0 Å². The molecule has 0 spiro atoms. The average molecular weight is 283 g/mol. The van der Waals surface area contributed by atoms with Gasteiger partial charge in [-0.3, -0.25) is 14.6 Å². The Balaban J connectivity index is 2.35. The second-order valence-electron chi connectivity index (χ2n) is 3.96. The van der Waals surface area contributed by atoms with E-state index in [1.54, 1.807) is 0 Å². The topological polar surface area (TPSA) is 137 Å². The molecule has 0 radical (unpaired) electrons. The lowest BCUT2D eigenvalue weighted by molar-refractivity contribution is -0.117. The Bertz CT molecular complexity index is 479. The largest absolute Gasteiger partial charge is 0.370 e. The monoisotopic (exact) mass is 283 g/mol. The number of nitrogens with zero attached hydrogens (tertiary/aromatic N) is 2. The summed E-state index contributed by atoms with van der Waals surface area (Å²) in [6, 6.07) is 0. The molecule has 104 valence electrons. The van der Waals surface area contributed by atoms with Crippen molar-refractivity contribution in [2.75, 3.05) is 6.54 Å². The molecular formula is C11H17N5O2S. The fourth-order valence-electron chi connectivity index (χ4n) is 1.40. The number of hydrogen-bond donors (Lipinski definition) is 3. The lowest BCUT2D eigenvalue weighted by Gasteiger charge is -1.97. The van der Waals surface area contributed by atoms with Crippen LogP contribution < -0.4 is 17.2 Å². The number of carbonyl (C=O) groups is 2. The number of aromatic nitrogens is 1. The third-order valence-corrected chi connectivity index (χ3v) is 3.29.